The van der Waals surface area contributed by atoms with Crippen LogP contribution in [-0.2, 0) is 30.2 Å². The number of aromatic nitrogens is 3. The van der Waals surface area contributed by atoms with Crippen molar-refractivity contribution in [2.45, 2.75) is 44.7 Å². The minimum Gasteiger partial charge on any atom is -0.353 e. The van der Waals surface area contributed by atoms with Gasteiger partial charge in [0.1, 0.15) is 16.5 Å². The number of halogens is 3. The first-order valence-electron chi connectivity index (χ1n) is 11.4. The number of thiophene rings is 1. The molecule has 3 aromatic heterocycles. The molecule has 7 nitrogen and oxygen atoms in total. The second-order valence-corrected chi connectivity index (χ2v) is 9.76. The average Bonchev–Trinajstić information content (AvgIpc) is 3.21. The van der Waals surface area contributed by atoms with E-state index in [1.54, 1.807) is 16.2 Å². The van der Waals surface area contributed by atoms with Crippen LogP contribution in [0.2, 0.25) is 0 Å². The van der Waals surface area contributed by atoms with Crippen LogP contribution in [0.3, 0.4) is 0 Å². The van der Waals surface area contributed by atoms with Crippen molar-refractivity contribution in [2.24, 2.45) is 0 Å². The van der Waals surface area contributed by atoms with Gasteiger partial charge in [0, 0.05) is 50.1 Å². The van der Waals surface area contributed by atoms with E-state index in [9.17, 15) is 22.8 Å². The van der Waals surface area contributed by atoms with E-state index >= 15 is 0 Å². The number of aromatic amines is 1. The molecule has 1 aliphatic heterocycles. The number of carbonyl (C=O) groups excluding carboxylic acids is 1. The first kappa shape index (κ1) is 22.8. The molecule has 0 spiro atoms. The second-order valence-electron chi connectivity index (χ2n) is 8.67. The van der Waals surface area contributed by atoms with Crippen molar-refractivity contribution in [1.82, 2.24) is 19.9 Å². The fourth-order valence-corrected chi connectivity index (χ4v) is 5.92. The number of hydrogen-bond acceptors (Lipinski definition) is 6. The highest BCUT2D eigenvalue weighted by molar-refractivity contribution is 7.18. The molecule has 1 N–H and O–H groups in total. The van der Waals surface area contributed by atoms with Gasteiger partial charge in [-0.15, -0.1) is 11.3 Å². The molecule has 1 aliphatic carbocycles. The van der Waals surface area contributed by atoms with Crippen LogP contribution in [0.15, 0.2) is 23.1 Å². The molecule has 1 fully saturated rings. The molecule has 34 heavy (non-hydrogen) atoms. The summed E-state index contributed by atoms with van der Waals surface area (Å²) in [4.78, 5) is 42.4. The monoisotopic (exact) mass is 491 g/mol. The molecule has 0 atom stereocenters. The van der Waals surface area contributed by atoms with E-state index in [4.69, 9.17) is 0 Å². The predicted octanol–water partition coefficient (Wildman–Crippen LogP) is 3.56. The van der Waals surface area contributed by atoms with E-state index in [2.05, 4.69) is 15.0 Å². The number of nitrogens with zero attached hydrogens (tertiary/aromatic N) is 4. The molecule has 0 saturated carbocycles. The lowest BCUT2D eigenvalue weighted by molar-refractivity contribution is -0.137. The zero-order chi connectivity index (χ0) is 23.9. The van der Waals surface area contributed by atoms with Crippen LogP contribution < -0.4 is 10.5 Å². The summed E-state index contributed by atoms with van der Waals surface area (Å²) in [5, 5.41) is 0.711. The molecule has 4 heterocycles. The van der Waals surface area contributed by atoms with Gasteiger partial charge in [-0.2, -0.15) is 13.2 Å². The molecule has 3 aromatic rings. The highest BCUT2D eigenvalue weighted by Crippen LogP contribution is 2.33. The Hall–Kier alpha value is -2.95. The van der Waals surface area contributed by atoms with Gasteiger partial charge in [0.2, 0.25) is 5.91 Å². The van der Waals surface area contributed by atoms with Gasteiger partial charge in [-0.05, 0) is 43.4 Å². The van der Waals surface area contributed by atoms with Gasteiger partial charge in [0.15, 0.2) is 0 Å². The van der Waals surface area contributed by atoms with E-state index in [0.717, 1.165) is 48.3 Å². The minimum atomic E-state index is -4.41. The van der Waals surface area contributed by atoms with Crippen LogP contribution >= 0.6 is 11.3 Å². The molecule has 1 saturated heterocycles. The Morgan fingerprint density at radius 1 is 1.12 bits per heavy atom. The Morgan fingerprint density at radius 3 is 2.59 bits per heavy atom. The fraction of sp³-hybridized carbons (Fsp3) is 0.478. The third-order valence-corrected chi connectivity index (χ3v) is 7.67. The van der Waals surface area contributed by atoms with Crippen molar-refractivity contribution in [3.63, 3.8) is 0 Å². The zero-order valence-electron chi connectivity index (χ0n) is 18.5. The number of aryl methyl sites for hydroxylation is 3. The van der Waals surface area contributed by atoms with Crippen LogP contribution in [0.1, 0.15) is 41.1 Å². The van der Waals surface area contributed by atoms with Crippen LogP contribution in [0.25, 0.3) is 10.2 Å². The lowest BCUT2D eigenvalue weighted by Crippen LogP contribution is -2.49. The molecule has 5 rings (SSSR count). The fourth-order valence-electron chi connectivity index (χ4n) is 4.64. The molecule has 2 aliphatic rings. The number of carbonyl (C=O) groups is 1. The predicted molar refractivity (Wildman–Crippen MR) is 123 cm³/mol. The van der Waals surface area contributed by atoms with E-state index < -0.39 is 11.7 Å². The maximum absolute atomic E-state index is 12.7. The van der Waals surface area contributed by atoms with E-state index in [0.29, 0.717) is 49.6 Å². The van der Waals surface area contributed by atoms with Crippen LogP contribution in [-0.4, -0.2) is 51.9 Å². The molecule has 0 aromatic carbocycles. The number of pyridine rings is 1. The van der Waals surface area contributed by atoms with Gasteiger partial charge in [0.05, 0.1) is 10.9 Å². The number of H-pyrrole nitrogens is 1. The summed E-state index contributed by atoms with van der Waals surface area (Å²) in [5.74, 6) is 0.958. The number of fused-ring (bicyclic) bond motifs is 3. The zero-order valence-corrected chi connectivity index (χ0v) is 19.3. The minimum absolute atomic E-state index is 0.0340. The molecule has 1 amide bonds. The summed E-state index contributed by atoms with van der Waals surface area (Å²) in [6.45, 7) is 1.90. The number of amides is 1. The summed E-state index contributed by atoms with van der Waals surface area (Å²) in [5.41, 5.74) is 0.241. The number of piperazine rings is 1. The summed E-state index contributed by atoms with van der Waals surface area (Å²) < 4.78 is 38.2. The van der Waals surface area contributed by atoms with Crippen molar-refractivity contribution in [2.75, 3.05) is 31.1 Å². The molecule has 11 heteroatoms. The molecule has 180 valence electrons. The average molecular weight is 492 g/mol. The lowest BCUT2D eigenvalue weighted by Gasteiger charge is -2.35. The third-order valence-electron chi connectivity index (χ3n) is 6.48. The van der Waals surface area contributed by atoms with E-state index in [1.807, 2.05) is 4.90 Å². The SMILES string of the molecule is O=C(CCc1nc2sc3c(c2c(=O)[nH]1)CCCC3)N1CCN(c2ccc(C(F)(F)F)cn2)CC1. The third kappa shape index (κ3) is 4.53. The van der Waals surface area contributed by atoms with E-state index in [1.165, 1.54) is 10.9 Å². The van der Waals surface area contributed by atoms with Crippen molar-refractivity contribution in [1.29, 1.82) is 0 Å². The largest absolute Gasteiger partial charge is 0.417 e. The van der Waals surface area contributed by atoms with Gasteiger partial charge in [0.25, 0.3) is 5.56 Å². The number of alkyl halides is 3. The van der Waals surface area contributed by atoms with Crippen molar-refractivity contribution >= 4 is 33.3 Å². The Bertz CT molecular complexity index is 1260. The number of rotatable bonds is 4. The summed E-state index contributed by atoms with van der Waals surface area (Å²) in [6.07, 6.45) is 1.16. The highest BCUT2D eigenvalue weighted by Gasteiger charge is 2.31. The summed E-state index contributed by atoms with van der Waals surface area (Å²) in [6, 6.07) is 2.38. The Balaban J connectivity index is 1.18. The summed E-state index contributed by atoms with van der Waals surface area (Å²) >= 11 is 1.59. The van der Waals surface area contributed by atoms with Gasteiger partial charge in [-0.1, -0.05) is 0 Å². The first-order valence-corrected chi connectivity index (χ1v) is 12.2. The molecule has 0 bridgehead atoms. The number of nitrogens with one attached hydrogen (secondary N) is 1. The van der Waals surface area contributed by atoms with Crippen molar-refractivity contribution < 1.29 is 18.0 Å². The standard InChI is InChI=1S/C23H24F3N5O2S/c24-23(25,26)14-5-7-18(27-13-14)30-9-11-31(12-10-30)19(32)8-6-17-28-21(33)20-15-3-1-2-4-16(15)34-22(20)29-17/h5,7,13H,1-4,6,8-12H2,(H,28,29,33). The maximum atomic E-state index is 12.7. The smallest absolute Gasteiger partial charge is 0.353 e. The van der Waals surface area contributed by atoms with Gasteiger partial charge >= 0.3 is 6.18 Å². The number of hydrogen-bond donors (Lipinski definition) is 1. The van der Waals surface area contributed by atoms with Gasteiger partial charge in [-0.3, -0.25) is 9.59 Å². The maximum Gasteiger partial charge on any atom is 0.417 e. The number of anilines is 1. The molecule has 0 unspecified atom stereocenters. The van der Waals surface area contributed by atoms with Crippen molar-refractivity contribution in [3.8, 4) is 0 Å². The van der Waals surface area contributed by atoms with Crippen LogP contribution in [0.4, 0.5) is 19.0 Å². The highest BCUT2D eigenvalue weighted by atomic mass is 32.1. The quantitative estimate of drug-likeness (QED) is 0.604. The first-order chi connectivity index (χ1) is 16.3. The Kier molecular flexibility index (Phi) is 6.05. The Morgan fingerprint density at radius 2 is 1.88 bits per heavy atom. The molecular weight excluding hydrogens is 467 g/mol. The normalized spacial score (nSPS) is 16.7. The van der Waals surface area contributed by atoms with Gasteiger partial charge in [-0.25, -0.2) is 9.97 Å². The van der Waals surface area contributed by atoms with Crippen molar-refractivity contribution in [3.05, 3.63) is 50.5 Å². The van der Waals surface area contributed by atoms with Crippen LogP contribution in [0, 0.1) is 0 Å². The lowest BCUT2D eigenvalue weighted by atomic mass is 9.97. The van der Waals surface area contributed by atoms with E-state index in [-0.39, 0.29) is 17.9 Å². The van der Waals surface area contributed by atoms with Gasteiger partial charge < -0.3 is 14.8 Å². The van der Waals surface area contributed by atoms with Crippen LogP contribution in [0.5, 0.6) is 0 Å². The Labute approximate surface area is 197 Å². The summed E-state index contributed by atoms with van der Waals surface area (Å²) in [7, 11) is 0. The second kappa shape index (κ2) is 9.01. The topological polar surface area (TPSA) is 82.2 Å². The molecular formula is C23H24F3N5O2S. The molecule has 0 radical (unpaired) electrons.